The van der Waals surface area contributed by atoms with Crippen LogP contribution in [0.1, 0.15) is 30.0 Å². The number of likely N-dealkylation sites (N-methyl/N-ethyl adjacent to an activating group) is 1. The van der Waals surface area contributed by atoms with Gasteiger partial charge in [0.25, 0.3) is 0 Å². The molecule has 6 nitrogen and oxygen atoms in total. The molecule has 1 aromatic heterocycles. The molecule has 0 radical (unpaired) electrons. The van der Waals surface area contributed by atoms with Crippen LogP contribution >= 0.6 is 0 Å². The normalized spacial score (nSPS) is 18.5. The summed E-state index contributed by atoms with van der Waals surface area (Å²) in [5.74, 6) is 1.57. The summed E-state index contributed by atoms with van der Waals surface area (Å²) >= 11 is 0. The van der Waals surface area contributed by atoms with E-state index in [1.807, 2.05) is 24.4 Å². The van der Waals surface area contributed by atoms with Gasteiger partial charge in [0.1, 0.15) is 5.82 Å². The van der Waals surface area contributed by atoms with E-state index in [-0.39, 0.29) is 12.1 Å². The molecule has 2 fully saturated rings. The summed E-state index contributed by atoms with van der Waals surface area (Å²) in [5.41, 5.74) is 2.19. The quantitative estimate of drug-likeness (QED) is 0.810. The lowest BCUT2D eigenvalue weighted by atomic mass is 10.0. The Morgan fingerprint density at radius 2 is 1.86 bits per heavy atom. The van der Waals surface area contributed by atoms with E-state index in [1.165, 1.54) is 18.4 Å². The van der Waals surface area contributed by atoms with Crippen molar-refractivity contribution in [3.63, 3.8) is 0 Å². The maximum Gasteiger partial charge on any atom is 0.315 e. The monoisotopic (exact) mass is 379 g/mol. The summed E-state index contributed by atoms with van der Waals surface area (Å²) in [6.07, 6.45) is 4.22. The standard InChI is InChI=1S/C22H29N5O/c1-26-11-13-27(14-12-26)20-10-7-17(15-23-20)16-24-22(28)25-21(19-8-9-19)18-5-3-2-4-6-18/h2-7,10,15,19,21H,8-9,11-14,16H2,1H3,(H2,24,25,28)/t21-/m0/s1. The number of hydrogen-bond donors (Lipinski definition) is 2. The molecule has 2 amide bonds. The van der Waals surface area contributed by atoms with Gasteiger partial charge in [-0.15, -0.1) is 0 Å². The lowest BCUT2D eigenvalue weighted by molar-refractivity contribution is 0.235. The summed E-state index contributed by atoms with van der Waals surface area (Å²) in [5, 5.41) is 6.13. The average Bonchev–Trinajstić information content (AvgIpc) is 3.57. The van der Waals surface area contributed by atoms with Crippen LogP contribution in [0.3, 0.4) is 0 Å². The van der Waals surface area contributed by atoms with Crippen LogP contribution in [-0.2, 0) is 6.54 Å². The van der Waals surface area contributed by atoms with E-state index in [4.69, 9.17) is 0 Å². The number of hydrogen-bond acceptors (Lipinski definition) is 4. The van der Waals surface area contributed by atoms with E-state index in [9.17, 15) is 4.79 Å². The Morgan fingerprint density at radius 1 is 1.11 bits per heavy atom. The summed E-state index contributed by atoms with van der Waals surface area (Å²) in [6.45, 7) is 4.62. The van der Waals surface area contributed by atoms with Gasteiger partial charge in [-0.05, 0) is 43.0 Å². The molecule has 28 heavy (non-hydrogen) atoms. The first kappa shape index (κ1) is 18.7. The second-order valence-electron chi connectivity index (χ2n) is 7.87. The van der Waals surface area contributed by atoms with Gasteiger partial charge in [0.15, 0.2) is 0 Å². The van der Waals surface area contributed by atoms with Gasteiger partial charge in [-0.1, -0.05) is 36.4 Å². The molecular weight excluding hydrogens is 350 g/mol. The Bertz CT molecular complexity index is 767. The lowest BCUT2D eigenvalue weighted by Gasteiger charge is -2.33. The maximum absolute atomic E-state index is 12.4. The van der Waals surface area contributed by atoms with E-state index in [1.54, 1.807) is 0 Å². The molecule has 1 aromatic carbocycles. The highest BCUT2D eigenvalue weighted by atomic mass is 16.2. The minimum Gasteiger partial charge on any atom is -0.354 e. The Morgan fingerprint density at radius 3 is 2.50 bits per heavy atom. The Hall–Kier alpha value is -2.60. The van der Waals surface area contributed by atoms with Gasteiger partial charge in [-0.25, -0.2) is 9.78 Å². The zero-order valence-electron chi connectivity index (χ0n) is 16.5. The van der Waals surface area contributed by atoms with E-state index in [2.05, 4.69) is 56.7 Å². The van der Waals surface area contributed by atoms with Crippen LogP contribution in [0.4, 0.5) is 10.6 Å². The van der Waals surface area contributed by atoms with Gasteiger partial charge >= 0.3 is 6.03 Å². The van der Waals surface area contributed by atoms with Crippen molar-refractivity contribution in [2.24, 2.45) is 5.92 Å². The highest BCUT2D eigenvalue weighted by Gasteiger charge is 2.33. The fraction of sp³-hybridized carbons (Fsp3) is 0.455. The number of carbonyl (C=O) groups excluding carboxylic acids is 1. The van der Waals surface area contributed by atoms with Gasteiger partial charge in [-0.2, -0.15) is 0 Å². The van der Waals surface area contributed by atoms with Gasteiger partial charge in [0.2, 0.25) is 0 Å². The van der Waals surface area contributed by atoms with Crippen molar-refractivity contribution in [3.8, 4) is 0 Å². The molecule has 1 aliphatic heterocycles. The minimum absolute atomic E-state index is 0.0962. The summed E-state index contributed by atoms with van der Waals surface area (Å²) in [4.78, 5) is 21.7. The molecular formula is C22H29N5O. The molecule has 2 aliphatic rings. The molecule has 148 valence electrons. The van der Waals surface area contributed by atoms with Gasteiger partial charge in [0.05, 0.1) is 6.04 Å². The van der Waals surface area contributed by atoms with Gasteiger partial charge < -0.3 is 20.4 Å². The fourth-order valence-corrected chi connectivity index (χ4v) is 3.68. The zero-order chi connectivity index (χ0) is 19.3. The average molecular weight is 380 g/mol. The minimum atomic E-state index is -0.121. The topological polar surface area (TPSA) is 60.5 Å². The van der Waals surface area contributed by atoms with Crippen molar-refractivity contribution in [1.29, 1.82) is 0 Å². The van der Waals surface area contributed by atoms with Gasteiger partial charge in [-0.3, -0.25) is 0 Å². The van der Waals surface area contributed by atoms with Crippen LogP contribution in [0.5, 0.6) is 0 Å². The Kier molecular flexibility index (Phi) is 5.76. The van der Waals surface area contributed by atoms with Crippen LogP contribution in [0.15, 0.2) is 48.7 Å². The number of rotatable bonds is 6. The number of benzene rings is 1. The molecule has 1 aliphatic carbocycles. The SMILES string of the molecule is CN1CCN(c2ccc(CNC(=O)N[C@@H](c3ccccc3)C3CC3)cn2)CC1. The largest absolute Gasteiger partial charge is 0.354 e. The van der Waals surface area contributed by atoms with Crippen molar-refractivity contribution in [1.82, 2.24) is 20.5 Å². The number of aromatic nitrogens is 1. The predicted molar refractivity (Wildman–Crippen MR) is 111 cm³/mol. The molecule has 2 aromatic rings. The number of urea groups is 1. The molecule has 1 saturated carbocycles. The third-order valence-corrected chi connectivity index (χ3v) is 5.63. The zero-order valence-corrected chi connectivity index (χ0v) is 16.5. The fourth-order valence-electron chi connectivity index (χ4n) is 3.68. The predicted octanol–water partition coefficient (Wildman–Crippen LogP) is 2.78. The van der Waals surface area contributed by atoms with E-state index < -0.39 is 0 Å². The lowest BCUT2D eigenvalue weighted by Crippen LogP contribution is -2.44. The second kappa shape index (κ2) is 8.61. The molecule has 0 unspecified atom stereocenters. The molecule has 2 N–H and O–H groups in total. The summed E-state index contributed by atoms with van der Waals surface area (Å²) < 4.78 is 0. The number of nitrogens with one attached hydrogen (secondary N) is 2. The first-order chi connectivity index (χ1) is 13.7. The van der Waals surface area contributed by atoms with Crippen molar-refractivity contribution < 1.29 is 4.79 Å². The van der Waals surface area contributed by atoms with E-state index in [0.717, 1.165) is 37.6 Å². The first-order valence-corrected chi connectivity index (χ1v) is 10.2. The number of carbonyl (C=O) groups is 1. The third kappa shape index (κ3) is 4.81. The molecule has 2 heterocycles. The second-order valence-corrected chi connectivity index (χ2v) is 7.87. The van der Waals surface area contributed by atoms with E-state index >= 15 is 0 Å². The highest BCUT2D eigenvalue weighted by molar-refractivity contribution is 5.74. The number of anilines is 1. The maximum atomic E-state index is 12.4. The molecule has 0 bridgehead atoms. The van der Waals surface area contributed by atoms with Crippen LogP contribution in [-0.4, -0.2) is 49.1 Å². The van der Waals surface area contributed by atoms with E-state index in [0.29, 0.717) is 12.5 Å². The number of piperazine rings is 1. The summed E-state index contributed by atoms with van der Waals surface area (Å²) in [6, 6.07) is 14.3. The molecule has 1 atom stereocenters. The third-order valence-electron chi connectivity index (χ3n) is 5.63. The van der Waals surface area contributed by atoms with Crippen molar-refractivity contribution in [2.75, 3.05) is 38.1 Å². The van der Waals surface area contributed by atoms with Crippen LogP contribution in [0.25, 0.3) is 0 Å². The van der Waals surface area contributed by atoms with Crippen LogP contribution in [0, 0.1) is 5.92 Å². The number of pyridine rings is 1. The molecule has 0 spiro atoms. The first-order valence-electron chi connectivity index (χ1n) is 10.2. The molecule has 6 heteroatoms. The van der Waals surface area contributed by atoms with Crippen LogP contribution in [0.2, 0.25) is 0 Å². The van der Waals surface area contributed by atoms with Crippen molar-refractivity contribution in [3.05, 3.63) is 59.8 Å². The smallest absolute Gasteiger partial charge is 0.315 e. The van der Waals surface area contributed by atoms with Crippen molar-refractivity contribution >= 4 is 11.8 Å². The van der Waals surface area contributed by atoms with Crippen molar-refractivity contribution in [2.45, 2.75) is 25.4 Å². The molecule has 4 rings (SSSR count). The molecule has 1 saturated heterocycles. The number of nitrogens with zero attached hydrogens (tertiary/aromatic N) is 3. The Balaban J connectivity index is 1.28. The van der Waals surface area contributed by atoms with Crippen LogP contribution < -0.4 is 15.5 Å². The number of amides is 2. The highest BCUT2D eigenvalue weighted by Crippen LogP contribution is 2.40. The van der Waals surface area contributed by atoms with Gasteiger partial charge in [0, 0.05) is 38.9 Å². The summed E-state index contributed by atoms with van der Waals surface area (Å²) in [7, 11) is 2.15. The Labute approximate surface area is 166 Å².